The number of nitrogens with zero attached hydrogens (tertiary/aromatic N) is 1. The number of nitrogens with one attached hydrogen (secondary N) is 1. The van der Waals surface area contributed by atoms with Crippen LogP contribution in [0.3, 0.4) is 0 Å². The van der Waals surface area contributed by atoms with Crippen molar-refractivity contribution >= 4 is 34.6 Å². The zero-order chi connectivity index (χ0) is 8.72. The lowest BCUT2D eigenvalue weighted by molar-refractivity contribution is 0.961. The van der Waals surface area contributed by atoms with E-state index >= 15 is 0 Å². The largest absolute Gasteiger partial charge is 0.351 e. The molecule has 12 heavy (non-hydrogen) atoms. The number of halogens is 2. The molecular weight excluding hydrogens is 195 g/mol. The molecule has 1 aromatic rings. The zero-order valence-corrected chi connectivity index (χ0v) is 8.02. The van der Waals surface area contributed by atoms with Crippen LogP contribution >= 0.6 is 23.2 Å². The highest BCUT2D eigenvalue weighted by atomic mass is 35.5. The highest BCUT2D eigenvalue weighted by Crippen LogP contribution is 2.36. The van der Waals surface area contributed by atoms with E-state index in [0.717, 1.165) is 16.4 Å². The van der Waals surface area contributed by atoms with Gasteiger partial charge in [0.25, 0.3) is 0 Å². The number of benzene rings is 1. The smallest absolute Gasteiger partial charge is 0.177 e. The summed E-state index contributed by atoms with van der Waals surface area (Å²) in [7, 11) is 1.92. The summed E-state index contributed by atoms with van der Waals surface area (Å²) < 4.78 is 0. The summed E-state index contributed by atoms with van der Waals surface area (Å²) in [4.78, 5) is 1.93. The Morgan fingerprint density at radius 3 is 3.00 bits per heavy atom. The summed E-state index contributed by atoms with van der Waals surface area (Å²) in [6, 6.07) is 5.67. The first-order valence-corrected chi connectivity index (χ1v) is 4.43. The summed E-state index contributed by atoms with van der Waals surface area (Å²) in [5.41, 5.74) is 1.91. The predicted molar refractivity (Wildman–Crippen MR) is 53.1 cm³/mol. The Hall–Kier alpha value is -0.600. The van der Waals surface area contributed by atoms with Gasteiger partial charge in [0, 0.05) is 12.1 Å². The molecule has 1 aromatic carbocycles. The molecule has 0 spiro atoms. The van der Waals surface area contributed by atoms with Gasteiger partial charge in [-0.15, -0.1) is 0 Å². The summed E-state index contributed by atoms with van der Waals surface area (Å²) in [5.74, 6) is 0. The summed E-state index contributed by atoms with van der Waals surface area (Å²) in [5, 5.41) is 3.84. The minimum absolute atomic E-state index is 0.168. The van der Waals surface area contributed by atoms with Crippen LogP contribution in [0, 0.1) is 0 Å². The van der Waals surface area contributed by atoms with Crippen LogP contribution in [0.25, 0.3) is 0 Å². The molecule has 1 N–H and O–H groups in total. The minimum atomic E-state index is -0.168. The van der Waals surface area contributed by atoms with E-state index in [1.807, 2.05) is 30.1 Å². The van der Waals surface area contributed by atoms with E-state index in [2.05, 4.69) is 5.32 Å². The van der Waals surface area contributed by atoms with E-state index < -0.39 is 0 Å². The van der Waals surface area contributed by atoms with E-state index in [9.17, 15) is 0 Å². The molecule has 0 aromatic heterocycles. The molecular formula is C8H8Cl2N2. The van der Waals surface area contributed by atoms with E-state index in [4.69, 9.17) is 23.2 Å². The molecule has 0 amide bonds. The van der Waals surface area contributed by atoms with Crippen molar-refractivity contribution < 1.29 is 0 Å². The third-order valence-corrected chi connectivity index (χ3v) is 2.59. The van der Waals surface area contributed by atoms with Gasteiger partial charge >= 0.3 is 0 Å². The molecule has 0 bridgehead atoms. The number of hydrogen-bond donors (Lipinski definition) is 1. The summed E-state index contributed by atoms with van der Waals surface area (Å²) >= 11 is 11.8. The fraction of sp³-hybridized carbons (Fsp3) is 0.250. The SMILES string of the molecule is CN1c2cc(Cl)ccc2NC1Cl. The quantitative estimate of drug-likeness (QED) is 0.515. The molecule has 1 atom stereocenters. The Bertz CT molecular complexity index is 314. The lowest BCUT2D eigenvalue weighted by atomic mass is 10.3. The van der Waals surface area contributed by atoms with Gasteiger partial charge in [0.15, 0.2) is 5.62 Å². The van der Waals surface area contributed by atoms with Crippen LogP contribution in [-0.2, 0) is 0 Å². The molecule has 64 valence electrons. The first kappa shape index (κ1) is 8.02. The molecule has 2 rings (SSSR count). The molecule has 0 saturated carbocycles. The van der Waals surface area contributed by atoms with Crippen LogP contribution in [0.1, 0.15) is 0 Å². The molecule has 1 aliphatic rings. The van der Waals surface area contributed by atoms with Crippen molar-refractivity contribution in [3.8, 4) is 0 Å². The van der Waals surface area contributed by atoms with E-state index in [0.29, 0.717) is 0 Å². The normalized spacial score (nSPS) is 20.6. The Morgan fingerprint density at radius 2 is 2.25 bits per heavy atom. The van der Waals surface area contributed by atoms with Crippen molar-refractivity contribution in [2.24, 2.45) is 0 Å². The van der Waals surface area contributed by atoms with E-state index in [1.54, 1.807) is 0 Å². The Balaban J connectivity index is 2.48. The van der Waals surface area contributed by atoms with Crippen LogP contribution in [0.5, 0.6) is 0 Å². The van der Waals surface area contributed by atoms with Crippen LogP contribution < -0.4 is 10.2 Å². The van der Waals surface area contributed by atoms with Crippen LogP contribution in [0.15, 0.2) is 18.2 Å². The average Bonchev–Trinajstić information content (AvgIpc) is 2.31. The van der Waals surface area contributed by atoms with Gasteiger partial charge in [0.05, 0.1) is 11.4 Å². The second-order valence-corrected chi connectivity index (χ2v) is 3.60. The molecule has 4 heteroatoms. The van der Waals surface area contributed by atoms with Gasteiger partial charge in [0.2, 0.25) is 0 Å². The van der Waals surface area contributed by atoms with Crippen LogP contribution in [-0.4, -0.2) is 12.7 Å². The van der Waals surface area contributed by atoms with Crippen molar-refractivity contribution in [2.75, 3.05) is 17.3 Å². The van der Waals surface area contributed by atoms with Crippen LogP contribution in [0.4, 0.5) is 11.4 Å². The van der Waals surface area contributed by atoms with Crippen molar-refractivity contribution in [1.82, 2.24) is 0 Å². The molecule has 1 unspecified atom stereocenters. The van der Waals surface area contributed by atoms with Crippen molar-refractivity contribution in [3.05, 3.63) is 23.2 Å². The standard InChI is InChI=1S/C8H8Cl2N2/c1-12-7-4-5(9)2-3-6(7)11-8(12)10/h2-4,8,11H,1H3. The van der Waals surface area contributed by atoms with Gasteiger partial charge in [-0.2, -0.15) is 0 Å². The molecule has 1 heterocycles. The number of anilines is 2. The van der Waals surface area contributed by atoms with Crippen molar-refractivity contribution in [3.63, 3.8) is 0 Å². The van der Waals surface area contributed by atoms with Gasteiger partial charge in [-0.1, -0.05) is 23.2 Å². The van der Waals surface area contributed by atoms with Gasteiger partial charge in [-0.3, -0.25) is 0 Å². The maximum Gasteiger partial charge on any atom is 0.177 e. The van der Waals surface area contributed by atoms with Crippen LogP contribution in [0.2, 0.25) is 5.02 Å². The number of hydrogen-bond acceptors (Lipinski definition) is 2. The molecule has 0 saturated heterocycles. The minimum Gasteiger partial charge on any atom is -0.351 e. The highest BCUT2D eigenvalue weighted by Gasteiger charge is 2.22. The van der Waals surface area contributed by atoms with E-state index in [-0.39, 0.29) is 5.62 Å². The Labute approximate surface area is 81.1 Å². The topological polar surface area (TPSA) is 15.3 Å². The first-order valence-electron chi connectivity index (χ1n) is 3.61. The highest BCUT2D eigenvalue weighted by molar-refractivity contribution is 6.31. The maximum atomic E-state index is 5.95. The third-order valence-electron chi connectivity index (χ3n) is 1.95. The lowest BCUT2D eigenvalue weighted by Gasteiger charge is -2.14. The second-order valence-electron chi connectivity index (χ2n) is 2.75. The van der Waals surface area contributed by atoms with Gasteiger partial charge in [0.1, 0.15) is 0 Å². The Kier molecular flexibility index (Phi) is 1.81. The second kappa shape index (κ2) is 2.71. The predicted octanol–water partition coefficient (Wildman–Crippen LogP) is 2.72. The van der Waals surface area contributed by atoms with Gasteiger partial charge < -0.3 is 10.2 Å². The number of fused-ring (bicyclic) bond motifs is 1. The monoisotopic (exact) mass is 202 g/mol. The fourth-order valence-electron chi connectivity index (χ4n) is 1.27. The average molecular weight is 203 g/mol. The third kappa shape index (κ3) is 1.11. The molecule has 2 nitrogen and oxygen atoms in total. The fourth-order valence-corrected chi connectivity index (χ4v) is 1.65. The lowest BCUT2D eigenvalue weighted by Crippen LogP contribution is -2.25. The molecule has 0 fully saturated rings. The number of rotatable bonds is 0. The molecule has 0 aliphatic carbocycles. The molecule has 1 aliphatic heterocycles. The number of alkyl halides is 1. The van der Waals surface area contributed by atoms with Crippen molar-refractivity contribution in [1.29, 1.82) is 0 Å². The summed E-state index contributed by atoms with van der Waals surface area (Å²) in [6.45, 7) is 0. The first-order chi connectivity index (χ1) is 5.68. The van der Waals surface area contributed by atoms with Crippen molar-refractivity contribution in [2.45, 2.75) is 5.62 Å². The van der Waals surface area contributed by atoms with E-state index in [1.165, 1.54) is 0 Å². The molecule has 0 radical (unpaired) electrons. The zero-order valence-electron chi connectivity index (χ0n) is 6.51. The summed E-state index contributed by atoms with van der Waals surface area (Å²) in [6.07, 6.45) is 0. The van der Waals surface area contributed by atoms with Gasteiger partial charge in [-0.05, 0) is 18.2 Å². The Morgan fingerprint density at radius 1 is 1.50 bits per heavy atom. The van der Waals surface area contributed by atoms with Gasteiger partial charge in [-0.25, -0.2) is 0 Å². The maximum absolute atomic E-state index is 5.95.